The molecule has 1 aromatic heterocycles. The number of nitro benzene ring substituents is 2. The van der Waals surface area contributed by atoms with Crippen molar-refractivity contribution in [2.75, 3.05) is 5.32 Å². The Morgan fingerprint density at radius 1 is 0.923 bits per heavy atom. The standard InChI is InChI=1S/C28H22N4O6S/c33-27(30-19-9-2-1-3-10-19)26-21-11-5-7-13-25(21)39-28(26)29-17-18-8-4-6-12-23(18)38-24-15-14-20(31(34)35)16-22(24)32(36)37/h1-4,6,8-10,12,14-17H,5,7,11,13H2,(H,30,33). The Hall–Kier alpha value is -4.90. The topological polar surface area (TPSA) is 137 Å². The molecule has 0 bridgehead atoms. The molecule has 0 unspecified atom stereocenters. The molecule has 39 heavy (non-hydrogen) atoms. The van der Waals surface area contributed by atoms with Crippen LogP contribution in [0, 0.1) is 20.2 Å². The summed E-state index contributed by atoms with van der Waals surface area (Å²) >= 11 is 1.49. The van der Waals surface area contributed by atoms with Gasteiger partial charge >= 0.3 is 5.69 Å². The molecule has 5 rings (SSSR count). The van der Waals surface area contributed by atoms with E-state index in [1.807, 2.05) is 30.3 Å². The number of para-hydroxylation sites is 2. The van der Waals surface area contributed by atoms with E-state index in [1.54, 1.807) is 30.5 Å². The van der Waals surface area contributed by atoms with Crippen molar-refractivity contribution in [2.45, 2.75) is 25.7 Å². The van der Waals surface area contributed by atoms with Crippen LogP contribution in [0.2, 0.25) is 0 Å². The highest BCUT2D eigenvalue weighted by molar-refractivity contribution is 7.16. The molecule has 0 atom stereocenters. The predicted octanol–water partition coefficient (Wildman–Crippen LogP) is 7.24. The first-order chi connectivity index (χ1) is 18.9. The Kier molecular flexibility index (Phi) is 7.41. The van der Waals surface area contributed by atoms with Crippen LogP contribution in [0.4, 0.5) is 22.1 Å². The third kappa shape index (κ3) is 5.68. The van der Waals surface area contributed by atoms with Crippen molar-refractivity contribution < 1.29 is 19.4 Å². The second kappa shape index (κ2) is 11.2. The van der Waals surface area contributed by atoms with E-state index in [0.717, 1.165) is 48.3 Å². The van der Waals surface area contributed by atoms with Crippen molar-refractivity contribution in [1.29, 1.82) is 0 Å². The fraction of sp³-hybridized carbons (Fsp3) is 0.143. The number of thiophene rings is 1. The van der Waals surface area contributed by atoms with Gasteiger partial charge in [-0.3, -0.25) is 25.0 Å². The number of carbonyl (C=O) groups is 1. The lowest BCUT2D eigenvalue weighted by Gasteiger charge is -2.12. The molecule has 3 aromatic carbocycles. The zero-order chi connectivity index (χ0) is 27.4. The van der Waals surface area contributed by atoms with Crippen molar-refractivity contribution >= 4 is 45.5 Å². The Bertz CT molecular complexity index is 1600. The highest BCUT2D eigenvalue weighted by atomic mass is 32.1. The molecule has 0 saturated carbocycles. The first-order valence-corrected chi connectivity index (χ1v) is 13.0. The van der Waals surface area contributed by atoms with Gasteiger partial charge in [-0.15, -0.1) is 11.3 Å². The minimum atomic E-state index is -0.729. The third-order valence-electron chi connectivity index (χ3n) is 6.22. The number of nitro groups is 2. The van der Waals surface area contributed by atoms with Crippen LogP contribution >= 0.6 is 11.3 Å². The number of ether oxygens (including phenoxy) is 1. The van der Waals surface area contributed by atoms with Gasteiger partial charge in [0.1, 0.15) is 10.8 Å². The number of non-ortho nitro benzene ring substituents is 1. The van der Waals surface area contributed by atoms with Crippen LogP contribution in [-0.4, -0.2) is 22.0 Å². The highest BCUT2D eigenvalue weighted by Gasteiger charge is 2.26. The summed E-state index contributed by atoms with van der Waals surface area (Å²) in [5, 5.41) is 26.2. The number of amides is 1. The van der Waals surface area contributed by atoms with Crippen LogP contribution < -0.4 is 10.1 Å². The number of nitrogens with one attached hydrogen (secondary N) is 1. The van der Waals surface area contributed by atoms with Gasteiger partial charge in [-0.2, -0.15) is 0 Å². The minimum absolute atomic E-state index is 0.138. The van der Waals surface area contributed by atoms with Gasteiger partial charge in [-0.1, -0.05) is 30.3 Å². The second-order valence-corrected chi connectivity index (χ2v) is 9.86. The SMILES string of the molecule is O=C(Nc1ccccc1)c1c(N=Cc2ccccc2Oc2ccc([N+](=O)[O-])cc2[N+](=O)[O-])sc2c1CCCC2. The van der Waals surface area contributed by atoms with Gasteiger partial charge in [0.15, 0.2) is 0 Å². The first kappa shape index (κ1) is 25.7. The third-order valence-corrected chi connectivity index (χ3v) is 7.42. The maximum Gasteiger partial charge on any atom is 0.318 e. The van der Waals surface area contributed by atoms with E-state index >= 15 is 0 Å². The average Bonchev–Trinajstić information content (AvgIpc) is 3.31. The van der Waals surface area contributed by atoms with E-state index < -0.39 is 21.2 Å². The maximum absolute atomic E-state index is 13.3. The number of rotatable bonds is 8. The van der Waals surface area contributed by atoms with Crippen LogP contribution in [0.1, 0.15) is 39.2 Å². The number of fused-ring (bicyclic) bond motifs is 1. The van der Waals surface area contributed by atoms with Crippen molar-refractivity contribution in [2.24, 2.45) is 4.99 Å². The van der Waals surface area contributed by atoms with Gasteiger partial charge in [-0.05, 0) is 61.6 Å². The zero-order valence-corrected chi connectivity index (χ0v) is 21.3. The number of hydrogen-bond acceptors (Lipinski definition) is 8. The summed E-state index contributed by atoms with van der Waals surface area (Å²) in [5.74, 6) is -0.0884. The van der Waals surface area contributed by atoms with Gasteiger partial charge in [0.25, 0.3) is 11.6 Å². The van der Waals surface area contributed by atoms with Gasteiger partial charge in [0.2, 0.25) is 5.75 Å². The number of nitrogens with zero attached hydrogens (tertiary/aromatic N) is 3. The summed E-state index contributed by atoms with van der Waals surface area (Å²) in [6.07, 6.45) is 5.32. The van der Waals surface area contributed by atoms with E-state index in [4.69, 9.17) is 4.74 Å². The zero-order valence-electron chi connectivity index (χ0n) is 20.5. The molecule has 1 aliphatic rings. The van der Waals surface area contributed by atoms with E-state index in [9.17, 15) is 25.0 Å². The van der Waals surface area contributed by atoms with Crippen LogP contribution in [0.3, 0.4) is 0 Å². The summed E-state index contributed by atoms with van der Waals surface area (Å²) in [4.78, 5) is 40.4. The number of benzene rings is 3. The smallest absolute Gasteiger partial charge is 0.318 e. The van der Waals surface area contributed by atoms with Gasteiger partial charge in [0, 0.05) is 28.4 Å². The van der Waals surface area contributed by atoms with Gasteiger partial charge in [-0.25, -0.2) is 4.99 Å². The molecular formula is C28H22N4O6S. The number of aliphatic imine (C=N–C) groups is 1. The van der Waals surface area contributed by atoms with Crippen LogP contribution in [0.25, 0.3) is 0 Å². The number of carbonyl (C=O) groups excluding carboxylic acids is 1. The molecule has 0 radical (unpaired) electrons. The Morgan fingerprint density at radius 2 is 1.67 bits per heavy atom. The van der Waals surface area contributed by atoms with E-state index in [2.05, 4.69) is 10.3 Å². The molecule has 0 saturated heterocycles. The molecule has 196 valence electrons. The number of anilines is 1. The van der Waals surface area contributed by atoms with Gasteiger partial charge < -0.3 is 10.1 Å². The number of hydrogen-bond donors (Lipinski definition) is 1. The summed E-state index contributed by atoms with van der Waals surface area (Å²) in [6.45, 7) is 0. The Balaban J connectivity index is 1.47. The largest absolute Gasteiger partial charge is 0.449 e. The molecular weight excluding hydrogens is 520 g/mol. The van der Waals surface area contributed by atoms with Crippen molar-refractivity contribution in [3.8, 4) is 11.5 Å². The molecule has 1 N–H and O–H groups in total. The molecule has 0 aliphatic heterocycles. The molecule has 10 nitrogen and oxygen atoms in total. The predicted molar refractivity (Wildman–Crippen MR) is 149 cm³/mol. The van der Waals surface area contributed by atoms with Crippen LogP contribution in [0.5, 0.6) is 11.5 Å². The van der Waals surface area contributed by atoms with Crippen LogP contribution in [0.15, 0.2) is 77.8 Å². The minimum Gasteiger partial charge on any atom is -0.449 e. The lowest BCUT2D eigenvalue weighted by atomic mass is 9.95. The fourth-order valence-corrected chi connectivity index (χ4v) is 5.60. The van der Waals surface area contributed by atoms with Crippen molar-refractivity contribution in [3.63, 3.8) is 0 Å². The van der Waals surface area contributed by atoms with Gasteiger partial charge in [0.05, 0.1) is 21.5 Å². The van der Waals surface area contributed by atoms with E-state index in [1.165, 1.54) is 17.4 Å². The molecule has 0 spiro atoms. The van der Waals surface area contributed by atoms with E-state index in [-0.39, 0.29) is 17.4 Å². The van der Waals surface area contributed by atoms with Crippen LogP contribution in [-0.2, 0) is 12.8 Å². The second-order valence-electron chi connectivity index (χ2n) is 8.78. The maximum atomic E-state index is 13.3. The number of aryl methyl sites for hydroxylation is 1. The lowest BCUT2D eigenvalue weighted by Crippen LogP contribution is -2.14. The summed E-state index contributed by atoms with van der Waals surface area (Å²) in [5.41, 5.74) is 1.85. The Labute approximate surface area is 226 Å². The first-order valence-electron chi connectivity index (χ1n) is 12.2. The van der Waals surface area contributed by atoms with E-state index in [0.29, 0.717) is 21.8 Å². The molecule has 0 fully saturated rings. The van der Waals surface area contributed by atoms with Crippen molar-refractivity contribution in [3.05, 3.63) is 115 Å². The lowest BCUT2D eigenvalue weighted by molar-refractivity contribution is -0.394. The monoisotopic (exact) mass is 542 g/mol. The molecule has 1 amide bonds. The van der Waals surface area contributed by atoms with Crippen molar-refractivity contribution in [1.82, 2.24) is 0 Å². The average molecular weight is 543 g/mol. The summed E-state index contributed by atoms with van der Waals surface area (Å²) < 4.78 is 5.83. The fourth-order valence-electron chi connectivity index (χ4n) is 4.37. The molecule has 4 aromatic rings. The summed E-state index contributed by atoms with van der Waals surface area (Å²) in [6, 6.07) is 19.2. The molecule has 1 aliphatic carbocycles. The molecule has 1 heterocycles. The Morgan fingerprint density at radius 3 is 2.44 bits per heavy atom. The highest BCUT2D eigenvalue weighted by Crippen LogP contribution is 2.41. The molecule has 11 heteroatoms. The quantitative estimate of drug-likeness (QED) is 0.142. The summed E-state index contributed by atoms with van der Waals surface area (Å²) in [7, 11) is 0. The normalized spacial score (nSPS) is 12.6.